The van der Waals surface area contributed by atoms with Crippen LogP contribution in [0.1, 0.15) is 38.2 Å². The third-order valence-electron chi connectivity index (χ3n) is 4.24. The molecule has 3 heteroatoms. The molecule has 1 aliphatic rings. The predicted molar refractivity (Wildman–Crippen MR) is 77.2 cm³/mol. The van der Waals surface area contributed by atoms with Crippen LogP contribution in [0, 0.1) is 5.92 Å². The molecule has 0 amide bonds. The number of rotatable bonds is 5. The van der Waals surface area contributed by atoms with Crippen LogP contribution in [0.5, 0.6) is 5.75 Å². The molecule has 0 bridgehead atoms. The topological polar surface area (TPSA) is 44.5 Å². The summed E-state index contributed by atoms with van der Waals surface area (Å²) in [6.07, 6.45) is 4.59. The molecule has 0 unspecified atom stereocenters. The maximum atomic E-state index is 6.17. The van der Waals surface area contributed by atoms with Crippen molar-refractivity contribution in [1.82, 2.24) is 0 Å². The molecule has 0 aliphatic heterocycles. The van der Waals surface area contributed by atoms with Gasteiger partial charge in [0, 0.05) is 6.54 Å². The number of hydrogen-bond acceptors (Lipinski definition) is 3. The second-order valence-electron chi connectivity index (χ2n) is 5.71. The van der Waals surface area contributed by atoms with E-state index in [0.29, 0.717) is 13.2 Å². The summed E-state index contributed by atoms with van der Waals surface area (Å²) in [4.78, 5) is 0. The SMILES string of the molecule is COc1cccc(COC2(CN)CCC(C)CC2)c1. The molecule has 0 atom stereocenters. The van der Waals surface area contributed by atoms with E-state index in [-0.39, 0.29) is 5.60 Å². The van der Waals surface area contributed by atoms with Crippen LogP contribution in [0.4, 0.5) is 0 Å². The third kappa shape index (κ3) is 3.71. The van der Waals surface area contributed by atoms with E-state index in [1.54, 1.807) is 7.11 Å². The largest absolute Gasteiger partial charge is 0.497 e. The Labute approximate surface area is 116 Å². The summed E-state index contributed by atoms with van der Waals surface area (Å²) in [5, 5.41) is 0. The monoisotopic (exact) mass is 263 g/mol. The van der Waals surface area contributed by atoms with Crippen molar-refractivity contribution in [2.45, 2.75) is 44.8 Å². The summed E-state index contributed by atoms with van der Waals surface area (Å²) < 4.78 is 11.4. The van der Waals surface area contributed by atoms with Gasteiger partial charge < -0.3 is 15.2 Å². The van der Waals surface area contributed by atoms with E-state index < -0.39 is 0 Å². The summed E-state index contributed by atoms with van der Waals surface area (Å²) in [5.41, 5.74) is 6.98. The summed E-state index contributed by atoms with van der Waals surface area (Å²) in [6.45, 7) is 3.54. The Hall–Kier alpha value is -1.06. The Morgan fingerprint density at radius 3 is 2.68 bits per heavy atom. The van der Waals surface area contributed by atoms with Crippen molar-refractivity contribution in [3.63, 3.8) is 0 Å². The maximum absolute atomic E-state index is 6.17. The van der Waals surface area contributed by atoms with Crippen molar-refractivity contribution in [1.29, 1.82) is 0 Å². The van der Waals surface area contributed by atoms with E-state index in [1.807, 2.05) is 18.2 Å². The van der Waals surface area contributed by atoms with Crippen molar-refractivity contribution < 1.29 is 9.47 Å². The minimum absolute atomic E-state index is 0.115. The summed E-state index contributed by atoms with van der Waals surface area (Å²) in [5.74, 6) is 1.68. The molecule has 0 spiro atoms. The van der Waals surface area contributed by atoms with E-state index >= 15 is 0 Å². The van der Waals surface area contributed by atoms with E-state index in [9.17, 15) is 0 Å². The zero-order valence-electron chi connectivity index (χ0n) is 12.0. The summed E-state index contributed by atoms with van der Waals surface area (Å²) in [6, 6.07) is 8.04. The molecule has 3 nitrogen and oxygen atoms in total. The van der Waals surface area contributed by atoms with Gasteiger partial charge in [-0.3, -0.25) is 0 Å². The highest BCUT2D eigenvalue weighted by Crippen LogP contribution is 2.34. The fraction of sp³-hybridized carbons (Fsp3) is 0.625. The predicted octanol–water partition coefficient (Wildman–Crippen LogP) is 3.12. The number of benzene rings is 1. The molecule has 106 valence electrons. The van der Waals surface area contributed by atoms with Crippen LogP contribution in [0.2, 0.25) is 0 Å². The first-order valence-corrected chi connectivity index (χ1v) is 7.14. The van der Waals surface area contributed by atoms with Gasteiger partial charge in [0.1, 0.15) is 5.75 Å². The maximum Gasteiger partial charge on any atom is 0.119 e. The quantitative estimate of drug-likeness (QED) is 0.887. The molecule has 1 saturated carbocycles. The fourth-order valence-electron chi connectivity index (χ4n) is 2.69. The molecule has 0 radical (unpaired) electrons. The van der Waals surface area contributed by atoms with Crippen LogP contribution in [0.25, 0.3) is 0 Å². The standard InChI is InChI=1S/C16H25NO2/c1-13-6-8-16(12-17,9-7-13)19-11-14-4-3-5-15(10-14)18-2/h3-5,10,13H,6-9,11-12,17H2,1-2H3. The zero-order chi connectivity index (χ0) is 13.7. The van der Waals surface area contributed by atoms with Gasteiger partial charge in [-0.2, -0.15) is 0 Å². The highest BCUT2D eigenvalue weighted by molar-refractivity contribution is 5.27. The highest BCUT2D eigenvalue weighted by atomic mass is 16.5. The van der Waals surface area contributed by atoms with E-state index in [1.165, 1.54) is 12.8 Å². The van der Waals surface area contributed by atoms with E-state index in [2.05, 4.69) is 13.0 Å². The fourth-order valence-corrected chi connectivity index (χ4v) is 2.69. The van der Waals surface area contributed by atoms with Crippen LogP contribution in [-0.4, -0.2) is 19.3 Å². The first-order valence-electron chi connectivity index (χ1n) is 7.14. The van der Waals surface area contributed by atoms with Gasteiger partial charge in [0.25, 0.3) is 0 Å². The molecule has 0 heterocycles. The molecule has 0 saturated heterocycles. The summed E-state index contributed by atoms with van der Waals surface area (Å²) >= 11 is 0. The lowest BCUT2D eigenvalue weighted by molar-refractivity contribution is -0.0799. The molecule has 2 rings (SSSR count). The lowest BCUT2D eigenvalue weighted by atomic mass is 9.79. The van der Waals surface area contributed by atoms with Crippen LogP contribution < -0.4 is 10.5 Å². The van der Waals surface area contributed by atoms with Gasteiger partial charge in [-0.05, 0) is 49.3 Å². The molecule has 1 aliphatic carbocycles. The average molecular weight is 263 g/mol. The van der Waals surface area contributed by atoms with Crippen molar-refractivity contribution in [3.8, 4) is 5.75 Å². The number of hydrogen-bond donors (Lipinski definition) is 1. The first-order chi connectivity index (χ1) is 9.17. The van der Waals surface area contributed by atoms with Crippen LogP contribution in [0.3, 0.4) is 0 Å². The molecule has 1 aromatic carbocycles. The number of nitrogens with two attached hydrogens (primary N) is 1. The van der Waals surface area contributed by atoms with Crippen LogP contribution >= 0.6 is 0 Å². The lowest BCUT2D eigenvalue weighted by Gasteiger charge is -2.38. The average Bonchev–Trinajstić information content (AvgIpc) is 2.47. The Morgan fingerprint density at radius 1 is 1.32 bits per heavy atom. The number of methoxy groups -OCH3 is 1. The van der Waals surface area contributed by atoms with Crippen LogP contribution in [-0.2, 0) is 11.3 Å². The molecule has 1 aromatic rings. The van der Waals surface area contributed by atoms with Gasteiger partial charge in [-0.15, -0.1) is 0 Å². The molecule has 19 heavy (non-hydrogen) atoms. The van der Waals surface area contributed by atoms with Crippen LogP contribution in [0.15, 0.2) is 24.3 Å². The number of ether oxygens (including phenoxy) is 2. The van der Waals surface area contributed by atoms with E-state index in [0.717, 1.165) is 30.1 Å². The minimum Gasteiger partial charge on any atom is -0.497 e. The molecular weight excluding hydrogens is 238 g/mol. The zero-order valence-corrected chi connectivity index (χ0v) is 12.0. The Kier molecular flexibility index (Phi) is 4.83. The van der Waals surface area contributed by atoms with Crippen molar-refractivity contribution >= 4 is 0 Å². The summed E-state index contributed by atoms with van der Waals surface area (Å²) in [7, 11) is 1.68. The third-order valence-corrected chi connectivity index (χ3v) is 4.24. The van der Waals surface area contributed by atoms with Gasteiger partial charge in [0.15, 0.2) is 0 Å². The Morgan fingerprint density at radius 2 is 2.05 bits per heavy atom. The lowest BCUT2D eigenvalue weighted by Crippen LogP contribution is -2.43. The van der Waals surface area contributed by atoms with Gasteiger partial charge in [0.2, 0.25) is 0 Å². The van der Waals surface area contributed by atoms with Gasteiger partial charge in [0.05, 0.1) is 19.3 Å². The molecular formula is C16H25NO2. The molecule has 1 fully saturated rings. The smallest absolute Gasteiger partial charge is 0.119 e. The van der Waals surface area contributed by atoms with E-state index in [4.69, 9.17) is 15.2 Å². The van der Waals surface area contributed by atoms with Gasteiger partial charge in [-0.1, -0.05) is 19.1 Å². The Balaban J connectivity index is 1.95. The van der Waals surface area contributed by atoms with Gasteiger partial charge in [-0.25, -0.2) is 0 Å². The minimum atomic E-state index is -0.115. The van der Waals surface area contributed by atoms with Crippen molar-refractivity contribution in [3.05, 3.63) is 29.8 Å². The van der Waals surface area contributed by atoms with Crippen molar-refractivity contribution in [2.75, 3.05) is 13.7 Å². The molecule has 2 N–H and O–H groups in total. The molecule has 0 aromatic heterocycles. The Bertz CT molecular complexity index is 397. The second-order valence-corrected chi connectivity index (χ2v) is 5.71. The van der Waals surface area contributed by atoms with Gasteiger partial charge >= 0.3 is 0 Å². The first kappa shape index (κ1) is 14.4. The highest BCUT2D eigenvalue weighted by Gasteiger charge is 2.33. The van der Waals surface area contributed by atoms with Crippen molar-refractivity contribution in [2.24, 2.45) is 11.7 Å². The second kappa shape index (κ2) is 6.40. The normalized spacial score (nSPS) is 27.2.